The van der Waals surface area contributed by atoms with E-state index < -0.39 is 35.7 Å². The van der Waals surface area contributed by atoms with Crippen LogP contribution >= 0.6 is 0 Å². The third-order valence-electron chi connectivity index (χ3n) is 15.8. The molecule has 0 saturated heterocycles. The molecular formula is C76H82N14O7. The Morgan fingerprint density at radius 1 is 0.381 bits per heavy atom. The number of rotatable bonds is 32. The molecule has 0 unspecified atom stereocenters. The Balaban J connectivity index is 1.02. The first kappa shape index (κ1) is 69.1. The topological polar surface area (TPSA) is 250 Å². The van der Waals surface area contributed by atoms with Crippen molar-refractivity contribution in [2.75, 3.05) is 7.11 Å². The number of phenolic OH excluding ortho intramolecular Hbond substituents is 2. The lowest BCUT2D eigenvalue weighted by atomic mass is 9.96. The molecular weight excluding hydrogens is 1220 g/mol. The van der Waals surface area contributed by atoms with Gasteiger partial charge in [-0.05, 0) is 129 Å². The number of esters is 1. The van der Waals surface area contributed by atoms with E-state index in [2.05, 4.69) is 70.1 Å². The van der Waals surface area contributed by atoms with Crippen LogP contribution in [0.1, 0.15) is 99.7 Å². The number of amides is 2. The van der Waals surface area contributed by atoms with E-state index in [-0.39, 0.29) is 50.5 Å². The predicted octanol–water partition coefficient (Wildman–Crippen LogP) is 10.4. The average molecular weight is 1300 g/mol. The van der Waals surface area contributed by atoms with Gasteiger partial charge in [-0.3, -0.25) is 64.3 Å². The van der Waals surface area contributed by atoms with E-state index in [0.29, 0.717) is 85.7 Å². The van der Waals surface area contributed by atoms with Crippen molar-refractivity contribution in [3.8, 4) is 11.5 Å². The molecule has 0 aliphatic heterocycles. The fourth-order valence-electron chi connectivity index (χ4n) is 11.5. The first-order valence-electron chi connectivity index (χ1n) is 32.3. The molecule has 21 nitrogen and oxygen atoms in total. The molecule has 4 N–H and O–H groups in total. The number of carbonyl (C=O) groups excluding carboxylic acids is 3. The summed E-state index contributed by atoms with van der Waals surface area (Å²) in [6.45, 7) is 9.27. The van der Waals surface area contributed by atoms with E-state index in [1.807, 2.05) is 170 Å². The molecule has 8 heterocycles. The van der Waals surface area contributed by atoms with Crippen molar-refractivity contribution >= 4 is 18.0 Å². The molecule has 0 spiro atoms. The molecule has 10 aromatic rings. The highest BCUT2D eigenvalue weighted by Gasteiger charge is 2.32. The number of nitrogens with zero attached hydrogens (tertiary/aromatic N) is 12. The van der Waals surface area contributed by atoms with Gasteiger partial charge in [-0.1, -0.05) is 72.8 Å². The van der Waals surface area contributed by atoms with Crippen molar-refractivity contribution in [2.45, 2.75) is 130 Å². The Bertz CT molecular complexity index is 3690. The van der Waals surface area contributed by atoms with E-state index in [1.54, 1.807) is 70.3 Å². The van der Waals surface area contributed by atoms with Gasteiger partial charge in [0.05, 0.1) is 52.7 Å². The Morgan fingerprint density at radius 2 is 0.629 bits per heavy atom. The Kier molecular flexibility index (Phi) is 24.7. The van der Waals surface area contributed by atoms with Gasteiger partial charge in [-0.15, -0.1) is 0 Å². The van der Waals surface area contributed by atoms with Gasteiger partial charge in [0.25, 0.3) is 0 Å². The van der Waals surface area contributed by atoms with Crippen LogP contribution in [-0.4, -0.2) is 112 Å². The van der Waals surface area contributed by atoms with Gasteiger partial charge in [0.15, 0.2) is 0 Å². The van der Waals surface area contributed by atoms with Crippen molar-refractivity contribution in [1.82, 2.24) is 70.1 Å². The molecule has 0 aliphatic rings. The lowest BCUT2D eigenvalue weighted by molar-refractivity contribution is -0.145. The van der Waals surface area contributed by atoms with Crippen LogP contribution < -0.4 is 10.6 Å². The van der Waals surface area contributed by atoms with Crippen LogP contribution in [0, 0.1) is 0 Å². The summed E-state index contributed by atoms with van der Waals surface area (Å²) in [7, 11) is 1.25. The van der Waals surface area contributed by atoms with Crippen LogP contribution in [0.5, 0.6) is 11.5 Å². The van der Waals surface area contributed by atoms with Crippen molar-refractivity contribution in [3.05, 3.63) is 298 Å². The van der Waals surface area contributed by atoms with E-state index in [4.69, 9.17) is 9.47 Å². The third kappa shape index (κ3) is 21.9. The van der Waals surface area contributed by atoms with Gasteiger partial charge in [0.2, 0.25) is 5.91 Å². The fraction of sp³-hybridized carbons (Fsp3) is 0.276. The maximum Gasteiger partial charge on any atom is 0.408 e. The zero-order chi connectivity index (χ0) is 67.8. The summed E-state index contributed by atoms with van der Waals surface area (Å²) >= 11 is 0. The molecule has 0 fully saturated rings. The average Bonchev–Trinajstić information content (AvgIpc) is 0.873. The fourth-order valence-corrected chi connectivity index (χ4v) is 11.5. The predicted molar refractivity (Wildman–Crippen MR) is 366 cm³/mol. The minimum Gasteiger partial charge on any atom is -0.507 e. The number of nitrogens with one attached hydrogen (secondary N) is 2. The summed E-state index contributed by atoms with van der Waals surface area (Å²) in [5.74, 6) is -1.39. The summed E-state index contributed by atoms with van der Waals surface area (Å²) in [4.78, 5) is 89.8. The SMILES string of the molecule is COC(=O)[C@H](Cc1cc(CN(Cc2ccccn2)Cc2ccccn2)c(O)c(CN(Cc2ccccn2)Cc2ccccn2)c1)NC(=O)[C@H](Cc1cc(CN(Cc2ccccn2)Cc2ccccn2)c(O)c(CN(Cc2ccccn2)Cc2ccccn2)c1)NC(=O)OC(C)(C)C. The highest BCUT2D eigenvalue weighted by molar-refractivity contribution is 5.90. The Labute approximate surface area is 566 Å². The molecule has 0 radical (unpaired) electrons. The number of benzene rings is 2. The van der Waals surface area contributed by atoms with Gasteiger partial charge in [-0.2, -0.15) is 0 Å². The van der Waals surface area contributed by atoms with Gasteiger partial charge in [0, 0.05) is 163 Å². The molecule has 2 atom stereocenters. The number of carbonyl (C=O) groups is 3. The van der Waals surface area contributed by atoms with Crippen LogP contribution in [0.3, 0.4) is 0 Å². The quantitative estimate of drug-likeness (QED) is 0.0286. The lowest BCUT2D eigenvalue weighted by Gasteiger charge is -2.28. The molecule has 0 saturated carbocycles. The second-order valence-electron chi connectivity index (χ2n) is 24.9. The maximum absolute atomic E-state index is 15.5. The van der Waals surface area contributed by atoms with E-state index >= 15 is 4.79 Å². The number of phenols is 2. The normalized spacial score (nSPS) is 12.2. The molecule has 0 bridgehead atoms. The summed E-state index contributed by atoms with van der Waals surface area (Å²) in [5, 5.41) is 31.2. The largest absolute Gasteiger partial charge is 0.507 e. The number of alkyl carbamates (subject to hydrolysis) is 1. The van der Waals surface area contributed by atoms with Crippen molar-refractivity contribution in [3.63, 3.8) is 0 Å². The summed E-state index contributed by atoms with van der Waals surface area (Å²) in [5.41, 5.74) is 8.81. The highest BCUT2D eigenvalue weighted by Crippen LogP contribution is 2.33. The Hall–Kier alpha value is -10.7. The smallest absolute Gasteiger partial charge is 0.408 e. The van der Waals surface area contributed by atoms with Crippen LogP contribution in [0.15, 0.2) is 219 Å². The van der Waals surface area contributed by atoms with Gasteiger partial charge in [-0.25, -0.2) is 9.59 Å². The zero-order valence-electron chi connectivity index (χ0n) is 55.1. The minimum absolute atomic E-state index is 0.0375. The molecule has 2 aromatic carbocycles. The monoisotopic (exact) mass is 1300 g/mol. The van der Waals surface area contributed by atoms with Crippen LogP contribution in [0.2, 0.25) is 0 Å². The van der Waals surface area contributed by atoms with Gasteiger partial charge >= 0.3 is 12.1 Å². The van der Waals surface area contributed by atoms with E-state index in [9.17, 15) is 19.8 Å². The molecule has 21 heteroatoms. The number of hydrogen-bond donors (Lipinski definition) is 4. The summed E-state index contributed by atoms with van der Waals surface area (Å²) in [6, 6.07) is 50.6. The van der Waals surface area contributed by atoms with Crippen LogP contribution in [0.25, 0.3) is 0 Å². The van der Waals surface area contributed by atoms with Gasteiger partial charge < -0.3 is 30.3 Å². The number of pyridine rings is 8. The van der Waals surface area contributed by atoms with Gasteiger partial charge in [0.1, 0.15) is 29.2 Å². The molecule has 8 aromatic heterocycles. The number of aromatic nitrogens is 8. The number of methoxy groups -OCH3 is 1. The molecule has 10 rings (SSSR count). The third-order valence-corrected chi connectivity index (χ3v) is 15.8. The highest BCUT2D eigenvalue weighted by atomic mass is 16.6. The molecule has 498 valence electrons. The lowest BCUT2D eigenvalue weighted by Crippen LogP contribution is -2.54. The first-order chi connectivity index (χ1) is 47.1. The maximum atomic E-state index is 15.5. The second kappa shape index (κ2) is 34.6. The van der Waals surface area contributed by atoms with E-state index in [1.165, 1.54) is 7.11 Å². The van der Waals surface area contributed by atoms with Crippen molar-refractivity contribution in [2.24, 2.45) is 0 Å². The van der Waals surface area contributed by atoms with Crippen molar-refractivity contribution in [1.29, 1.82) is 0 Å². The molecule has 2 amide bonds. The standard InChI is InChI=1S/C76H82N14O7/c1-76(2,3)97-75(95)86-69(41-55-37-57(43-87(47-61-21-5-13-29-77-61)48-62-22-6-14-30-78-62)71(91)58(38-55)44-88(49-63-23-7-15-31-79-63)50-64-24-8-16-32-80-64)73(93)85-70(74(94)96-4)42-56-39-59(45-89(51-65-25-9-17-33-81-65)52-66-26-10-18-34-82-66)72(92)60(40-56)46-90(53-67-27-11-19-35-83-67)54-68-28-12-20-36-84-68/h5-40,69-70,91-92H,41-54H2,1-4H3,(H,85,93)(H,86,95)/t69-,70-/m0/s1. The minimum atomic E-state index is -1.37. The summed E-state index contributed by atoms with van der Waals surface area (Å²) in [6.07, 6.45) is 12.8. The van der Waals surface area contributed by atoms with E-state index in [0.717, 1.165) is 45.6 Å². The summed E-state index contributed by atoms with van der Waals surface area (Å²) < 4.78 is 11.3. The molecule has 0 aliphatic carbocycles. The Morgan fingerprint density at radius 3 is 0.845 bits per heavy atom. The van der Waals surface area contributed by atoms with Crippen LogP contribution in [0.4, 0.5) is 4.79 Å². The number of ether oxygens (including phenoxy) is 2. The van der Waals surface area contributed by atoms with Crippen molar-refractivity contribution < 1.29 is 34.1 Å². The molecule has 97 heavy (non-hydrogen) atoms. The number of aromatic hydroxyl groups is 2. The number of hydrogen-bond acceptors (Lipinski definition) is 19. The van der Waals surface area contributed by atoms with Crippen LogP contribution in [-0.2, 0) is 110 Å². The zero-order valence-corrected chi connectivity index (χ0v) is 55.1. The second-order valence-corrected chi connectivity index (χ2v) is 24.9. The first-order valence-corrected chi connectivity index (χ1v) is 32.3.